The fourth-order valence-corrected chi connectivity index (χ4v) is 3.01. The van der Waals surface area contributed by atoms with Crippen LogP contribution in [0.2, 0.25) is 0 Å². The molecule has 0 amide bonds. The number of rotatable bonds is 3. The lowest BCUT2D eigenvalue weighted by molar-refractivity contribution is 0.549. The molecule has 102 valence electrons. The Morgan fingerprint density at radius 2 is 1.84 bits per heavy atom. The van der Waals surface area contributed by atoms with Crippen molar-refractivity contribution in [2.45, 2.75) is 32.2 Å². The SMILES string of the molecule is CNC(c1ccc(F)cc1)c1snnc1C(C)(C)C. The molecule has 1 aromatic heterocycles. The van der Waals surface area contributed by atoms with Gasteiger partial charge in [-0.25, -0.2) is 4.39 Å². The molecule has 3 nitrogen and oxygen atoms in total. The summed E-state index contributed by atoms with van der Waals surface area (Å²) in [4.78, 5) is 1.08. The number of benzene rings is 1. The van der Waals surface area contributed by atoms with Crippen LogP contribution in [0.25, 0.3) is 0 Å². The van der Waals surface area contributed by atoms with Crippen molar-refractivity contribution in [1.29, 1.82) is 0 Å². The van der Waals surface area contributed by atoms with E-state index in [9.17, 15) is 4.39 Å². The molecule has 0 aliphatic rings. The molecule has 1 atom stereocenters. The molecule has 5 heteroatoms. The zero-order valence-electron chi connectivity index (χ0n) is 11.6. The average Bonchev–Trinajstić information content (AvgIpc) is 2.81. The molecular formula is C14H18FN3S. The third-order valence-corrected chi connectivity index (χ3v) is 3.77. The van der Waals surface area contributed by atoms with Crippen LogP contribution in [0.1, 0.15) is 42.9 Å². The van der Waals surface area contributed by atoms with Crippen LogP contribution in [0, 0.1) is 5.82 Å². The Bertz CT molecular complexity index is 543. The molecule has 0 spiro atoms. The van der Waals surface area contributed by atoms with Gasteiger partial charge < -0.3 is 5.32 Å². The third-order valence-electron chi connectivity index (χ3n) is 2.98. The molecular weight excluding hydrogens is 261 g/mol. The zero-order chi connectivity index (χ0) is 14.0. The van der Waals surface area contributed by atoms with Crippen LogP contribution < -0.4 is 5.32 Å². The van der Waals surface area contributed by atoms with Gasteiger partial charge in [-0.2, -0.15) is 0 Å². The number of halogens is 1. The first-order valence-electron chi connectivity index (χ1n) is 6.19. The molecule has 0 saturated carbocycles. The average molecular weight is 279 g/mol. The van der Waals surface area contributed by atoms with Gasteiger partial charge in [-0.1, -0.05) is 37.4 Å². The molecule has 2 aromatic rings. The van der Waals surface area contributed by atoms with Gasteiger partial charge in [0.2, 0.25) is 0 Å². The Kier molecular flexibility index (Phi) is 3.96. The molecule has 0 radical (unpaired) electrons. The van der Waals surface area contributed by atoms with Crippen molar-refractivity contribution >= 4 is 11.5 Å². The van der Waals surface area contributed by atoms with Crippen molar-refractivity contribution in [2.24, 2.45) is 0 Å². The van der Waals surface area contributed by atoms with E-state index in [1.165, 1.54) is 23.7 Å². The predicted molar refractivity (Wildman–Crippen MR) is 75.9 cm³/mol. The second-order valence-corrected chi connectivity index (χ2v) is 6.29. The van der Waals surface area contributed by atoms with Crippen LogP contribution in [0.5, 0.6) is 0 Å². The number of hydrogen-bond acceptors (Lipinski definition) is 4. The van der Waals surface area contributed by atoms with Crippen LogP contribution >= 0.6 is 11.5 Å². The maximum Gasteiger partial charge on any atom is 0.123 e. The largest absolute Gasteiger partial charge is 0.309 e. The molecule has 1 heterocycles. The minimum absolute atomic E-state index is 0.00479. The molecule has 0 bridgehead atoms. The van der Waals surface area contributed by atoms with Crippen LogP contribution in [-0.4, -0.2) is 16.6 Å². The Morgan fingerprint density at radius 3 is 2.37 bits per heavy atom. The molecule has 0 aliphatic heterocycles. The van der Waals surface area contributed by atoms with E-state index in [0.717, 1.165) is 16.1 Å². The zero-order valence-corrected chi connectivity index (χ0v) is 12.4. The molecule has 0 fully saturated rings. The lowest BCUT2D eigenvalue weighted by atomic mass is 9.89. The van der Waals surface area contributed by atoms with E-state index < -0.39 is 0 Å². The van der Waals surface area contributed by atoms with Crippen molar-refractivity contribution in [3.05, 3.63) is 46.2 Å². The summed E-state index contributed by atoms with van der Waals surface area (Å²) >= 11 is 1.39. The van der Waals surface area contributed by atoms with E-state index >= 15 is 0 Å². The first-order chi connectivity index (χ1) is 8.93. The number of aromatic nitrogens is 2. The molecule has 19 heavy (non-hydrogen) atoms. The highest BCUT2D eigenvalue weighted by molar-refractivity contribution is 7.05. The molecule has 1 aromatic carbocycles. The molecule has 0 saturated heterocycles. The Balaban J connectivity index is 2.43. The van der Waals surface area contributed by atoms with Crippen molar-refractivity contribution in [1.82, 2.24) is 14.9 Å². The summed E-state index contributed by atoms with van der Waals surface area (Å²) in [6.45, 7) is 6.35. The smallest absolute Gasteiger partial charge is 0.123 e. The van der Waals surface area contributed by atoms with Crippen molar-refractivity contribution in [2.75, 3.05) is 7.05 Å². The molecule has 0 aliphatic carbocycles. The predicted octanol–water partition coefficient (Wildman–Crippen LogP) is 3.28. The van der Waals surface area contributed by atoms with Gasteiger partial charge in [0.1, 0.15) is 5.82 Å². The maximum atomic E-state index is 13.0. The third kappa shape index (κ3) is 2.98. The van der Waals surface area contributed by atoms with Crippen LogP contribution in [0.3, 0.4) is 0 Å². The standard InChI is InChI=1S/C14H18FN3S/c1-14(2,3)13-12(19-18-17-13)11(16-4)9-5-7-10(15)8-6-9/h5-8,11,16H,1-4H3. The monoisotopic (exact) mass is 279 g/mol. The van der Waals surface area contributed by atoms with E-state index in [1.54, 1.807) is 12.1 Å². The minimum Gasteiger partial charge on any atom is -0.309 e. The first-order valence-corrected chi connectivity index (χ1v) is 6.96. The van der Waals surface area contributed by atoms with Gasteiger partial charge in [0.15, 0.2) is 0 Å². The van der Waals surface area contributed by atoms with Gasteiger partial charge in [-0.05, 0) is 36.3 Å². The van der Waals surface area contributed by atoms with Crippen molar-refractivity contribution in [3.8, 4) is 0 Å². The fraction of sp³-hybridized carbons (Fsp3) is 0.429. The Labute approximate surface area is 117 Å². The number of nitrogens with zero attached hydrogens (tertiary/aromatic N) is 2. The summed E-state index contributed by atoms with van der Waals surface area (Å²) in [5.74, 6) is -0.225. The van der Waals surface area contributed by atoms with Crippen LogP contribution in [0.4, 0.5) is 4.39 Å². The summed E-state index contributed by atoms with van der Waals surface area (Å²) in [5.41, 5.74) is 1.94. The van der Waals surface area contributed by atoms with Gasteiger partial charge in [0.05, 0.1) is 16.6 Å². The van der Waals surface area contributed by atoms with Gasteiger partial charge in [0, 0.05) is 5.41 Å². The lowest BCUT2D eigenvalue weighted by Crippen LogP contribution is -2.22. The van der Waals surface area contributed by atoms with E-state index in [-0.39, 0.29) is 17.3 Å². The minimum atomic E-state index is -0.225. The first kappa shape index (κ1) is 14.1. The van der Waals surface area contributed by atoms with E-state index in [2.05, 4.69) is 35.7 Å². The second kappa shape index (κ2) is 5.35. The van der Waals surface area contributed by atoms with Gasteiger partial charge in [-0.3, -0.25) is 0 Å². The summed E-state index contributed by atoms with van der Waals surface area (Å²) in [7, 11) is 1.89. The van der Waals surface area contributed by atoms with Gasteiger partial charge in [0.25, 0.3) is 0 Å². The highest BCUT2D eigenvalue weighted by Crippen LogP contribution is 2.33. The topological polar surface area (TPSA) is 37.8 Å². The highest BCUT2D eigenvalue weighted by atomic mass is 32.1. The fourth-order valence-electron chi connectivity index (χ4n) is 2.01. The summed E-state index contributed by atoms with van der Waals surface area (Å²) in [6.07, 6.45) is 0. The van der Waals surface area contributed by atoms with Gasteiger partial charge >= 0.3 is 0 Å². The van der Waals surface area contributed by atoms with Crippen molar-refractivity contribution < 1.29 is 4.39 Å². The second-order valence-electron chi connectivity index (χ2n) is 5.51. The molecule has 1 unspecified atom stereocenters. The normalized spacial score (nSPS) is 13.5. The quantitative estimate of drug-likeness (QED) is 0.937. The van der Waals surface area contributed by atoms with E-state index in [0.29, 0.717) is 0 Å². The lowest BCUT2D eigenvalue weighted by Gasteiger charge is -2.21. The summed E-state index contributed by atoms with van der Waals surface area (Å²) in [5, 5.41) is 7.51. The molecule has 1 N–H and O–H groups in total. The van der Waals surface area contributed by atoms with E-state index in [4.69, 9.17) is 0 Å². The summed E-state index contributed by atoms with van der Waals surface area (Å²) < 4.78 is 17.1. The maximum absolute atomic E-state index is 13.0. The summed E-state index contributed by atoms with van der Waals surface area (Å²) in [6, 6.07) is 6.54. The Hall–Kier alpha value is -1.33. The van der Waals surface area contributed by atoms with Crippen LogP contribution in [0.15, 0.2) is 24.3 Å². The van der Waals surface area contributed by atoms with Crippen molar-refractivity contribution in [3.63, 3.8) is 0 Å². The number of hydrogen-bond donors (Lipinski definition) is 1. The van der Waals surface area contributed by atoms with Crippen LogP contribution in [-0.2, 0) is 5.41 Å². The van der Waals surface area contributed by atoms with E-state index in [1.807, 2.05) is 7.05 Å². The molecule has 2 rings (SSSR count). The number of nitrogens with one attached hydrogen (secondary N) is 1. The highest BCUT2D eigenvalue weighted by Gasteiger charge is 2.27. The van der Waals surface area contributed by atoms with Gasteiger partial charge in [-0.15, -0.1) is 5.10 Å². The Morgan fingerprint density at radius 1 is 1.21 bits per heavy atom.